The summed E-state index contributed by atoms with van der Waals surface area (Å²) in [7, 11) is 1.48. The Hall–Kier alpha value is -4.07. The van der Waals surface area contributed by atoms with Crippen molar-refractivity contribution < 1.29 is 19.0 Å². The van der Waals surface area contributed by atoms with Crippen molar-refractivity contribution in [3.05, 3.63) is 87.4 Å². The van der Waals surface area contributed by atoms with Crippen LogP contribution in [0.25, 0.3) is 21.9 Å². The maximum atomic E-state index is 11.9. The van der Waals surface area contributed by atoms with Gasteiger partial charge < -0.3 is 14.2 Å². The van der Waals surface area contributed by atoms with Gasteiger partial charge in [0.25, 0.3) is 0 Å². The average molecular weight is 545 g/mol. The van der Waals surface area contributed by atoms with Gasteiger partial charge >= 0.3 is 0 Å². The van der Waals surface area contributed by atoms with E-state index in [2.05, 4.69) is 12.1 Å². The number of carbonyl (C=O) groups is 1. The maximum Gasteiger partial charge on any atom is 0.162 e. The molecule has 0 atom stereocenters. The zero-order valence-electron chi connectivity index (χ0n) is 20.7. The van der Waals surface area contributed by atoms with E-state index >= 15 is 0 Å². The normalized spacial score (nSPS) is 10.6. The van der Waals surface area contributed by atoms with Crippen molar-refractivity contribution in [1.29, 1.82) is 10.5 Å². The molecule has 4 rings (SSSR count). The molecule has 0 spiro atoms. The third-order valence-corrected chi connectivity index (χ3v) is 6.56. The lowest BCUT2D eigenvalue weighted by Gasteiger charge is -2.18. The largest absolute Gasteiger partial charge is 0.494 e. The van der Waals surface area contributed by atoms with Crippen molar-refractivity contribution in [1.82, 2.24) is 0 Å². The van der Waals surface area contributed by atoms with Crippen molar-refractivity contribution in [2.45, 2.75) is 13.3 Å². The molecule has 0 aliphatic carbocycles. The number of nitrogens with zero attached hydrogens (tertiary/aromatic N) is 2. The Balaban J connectivity index is 1.92. The van der Waals surface area contributed by atoms with E-state index in [1.165, 1.54) is 7.11 Å². The minimum atomic E-state index is -0.0405. The van der Waals surface area contributed by atoms with Crippen LogP contribution >= 0.6 is 23.2 Å². The molecule has 0 unspecified atom stereocenters. The van der Waals surface area contributed by atoms with Crippen molar-refractivity contribution in [2.75, 3.05) is 20.3 Å². The van der Waals surface area contributed by atoms with Gasteiger partial charge in [0.05, 0.1) is 22.8 Å². The fourth-order valence-corrected chi connectivity index (χ4v) is 4.60. The van der Waals surface area contributed by atoms with Gasteiger partial charge in [-0.05, 0) is 59.8 Å². The molecule has 0 radical (unpaired) electrons. The van der Waals surface area contributed by atoms with Gasteiger partial charge in [-0.2, -0.15) is 10.5 Å². The summed E-state index contributed by atoms with van der Waals surface area (Å²) >= 11 is 13.2. The highest BCUT2D eigenvalue weighted by Crippen LogP contribution is 2.47. The zero-order valence-corrected chi connectivity index (χ0v) is 22.2. The molecule has 0 bridgehead atoms. The second-order valence-corrected chi connectivity index (χ2v) is 9.14. The number of nitriles is 2. The molecule has 190 valence electrons. The number of Topliss-reactive ketones (excluding diaryl/α,β-unsaturated/α-hetero) is 1. The topological polar surface area (TPSA) is 92.3 Å². The lowest BCUT2D eigenvalue weighted by molar-refractivity contribution is -0.121. The van der Waals surface area contributed by atoms with Crippen LogP contribution in [0.5, 0.6) is 17.2 Å². The molecule has 0 amide bonds. The molecule has 0 heterocycles. The van der Waals surface area contributed by atoms with E-state index in [1.807, 2.05) is 25.1 Å². The van der Waals surface area contributed by atoms with Gasteiger partial charge in [-0.15, -0.1) is 0 Å². The monoisotopic (exact) mass is 544 g/mol. The summed E-state index contributed by atoms with van der Waals surface area (Å²) in [5, 5.41) is 21.4. The highest BCUT2D eigenvalue weighted by Gasteiger charge is 2.23. The Morgan fingerprint density at radius 1 is 0.974 bits per heavy atom. The van der Waals surface area contributed by atoms with Gasteiger partial charge in [-0.1, -0.05) is 47.5 Å². The van der Waals surface area contributed by atoms with E-state index in [1.54, 1.807) is 42.5 Å². The molecule has 0 N–H and O–H groups in total. The second-order valence-electron chi connectivity index (χ2n) is 8.35. The Morgan fingerprint density at radius 3 is 2.39 bits per heavy atom. The average Bonchev–Trinajstić information content (AvgIpc) is 2.91. The minimum Gasteiger partial charge on any atom is -0.494 e. The molecule has 0 fully saturated rings. The molecule has 0 saturated carbocycles. The molecule has 0 aromatic heterocycles. The number of ether oxygens (including phenoxy) is 3. The molecule has 0 aliphatic heterocycles. The van der Waals surface area contributed by atoms with E-state index in [0.29, 0.717) is 40.0 Å². The number of methoxy groups -OCH3 is 1. The molecular formula is C30H22Cl2N2O4. The fourth-order valence-electron chi connectivity index (χ4n) is 4.21. The van der Waals surface area contributed by atoms with Crippen LogP contribution in [0.1, 0.15) is 23.6 Å². The summed E-state index contributed by atoms with van der Waals surface area (Å²) in [6, 6.07) is 21.8. The predicted molar refractivity (Wildman–Crippen MR) is 147 cm³/mol. The summed E-state index contributed by atoms with van der Waals surface area (Å²) < 4.78 is 16.8. The van der Waals surface area contributed by atoms with Crippen LogP contribution in [0.4, 0.5) is 0 Å². The van der Waals surface area contributed by atoms with Crippen LogP contribution in [0.15, 0.2) is 60.7 Å². The summed E-state index contributed by atoms with van der Waals surface area (Å²) in [4.78, 5) is 11.9. The third-order valence-electron chi connectivity index (χ3n) is 5.79. The number of fused-ring (bicyclic) bond motifs is 1. The lowest BCUT2D eigenvalue weighted by atomic mass is 9.90. The smallest absolute Gasteiger partial charge is 0.162 e. The van der Waals surface area contributed by atoms with Gasteiger partial charge in [-0.3, -0.25) is 4.79 Å². The van der Waals surface area contributed by atoms with E-state index in [4.69, 9.17) is 37.4 Å². The number of halogens is 2. The van der Waals surface area contributed by atoms with E-state index in [9.17, 15) is 15.3 Å². The van der Waals surface area contributed by atoms with Crippen LogP contribution in [-0.4, -0.2) is 26.1 Å². The van der Waals surface area contributed by atoms with E-state index < -0.39 is 0 Å². The molecular weight excluding hydrogens is 523 g/mol. The van der Waals surface area contributed by atoms with Gasteiger partial charge in [0.1, 0.15) is 35.3 Å². The minimum absolute atomic E-state index is 0.0405. The summed E-state index contributed by atoms with van der Waals surface area (Å²) in [5.41, 5.74) is 2.33. The van der Waals surface area contributed by atoms with Crippen molar-refractivity contribution in [3.63, 3.8) is 0 Å². The summed E-state index contributed by atoms with van der Waals surface area (Å²) in [6.07, 6.45) is 0.234. The van der Waals surface area contributed by atoms with Crippen molar-refractivity contribution in [2.24, 2.45) is 0 Å². The number of benzene rings is 4. The summed E-state index contributed by atoms with van der Waals surface area (Å²) in [5.74, 6) is 1.28. The van der Waals surface area contributed by atoms with Crippen LogP contribution < -0.4 is 9.47 Å². The standard InChI is InChI=1S/C30H22Cl2N2O4/c1-3-37-24-6-4-5-19(13-24)27-25(16-34)21(15-33)12-20-14-26(31)29(32)30(28(20)27)38-23-9-7-18(8-10-23)11-22(35)17-36-2/h4-10,12-14H,3,11,17H2,1-2H3. The van der Waals surface area contributed by atoms with Crippen LogP contribution in [0, 0.1) is 22.7 Å². The Kier molecular flexibility index (Phi) is 8.51. The molecule has 4 aromatic carbocycles. The molecule has 38 heavy (non-hydrogen) atoms. The van der Waals surface area contributed by atoms with E-state index in [-0.39, 0.29) is 45.7 Å². The van der Waals surface area contributed by atoms with Crippen LogP contribution in [0.2, 0.25) is 10.0 Å². The van der Waals surface area contributed by atoms with Gasteiger partial charge in [0.2, 0.25) is 0 Å². The number of hydrogen-bond acceptors (Lipinski definition) is 6. The third kappa shape index (κ3) is 5.59. The molecule has 0 aliphatic rings. The second kappa shape index (κ2) is 12.0. The Labute approximate surface area is 230 Å². The van der Waals surface area contributed by atoms with Crippen LogP contribution in [0.3, 0.4) is 0 Å². The Morgan fingerprint density at radius 2 is 1.74 bits per heavy atom. The molecule has 6 nitrogen and oxygen atoms in total. The quantitative estimate of drug-likeness (QED) is 0.216. The maximum absolute atomic E-state index is 11.9. The molecule has 4 aromatic rings. The molecule has 8 heteroatoms. The molecule has 0 saturated heterocycles. The van der Waals surface area contributed by atoms with E-state index in [0.717, 1.165) is 5.56 Å². The predicted octanol–water partition coefficient (Wildman–Crippen LogP) is 7.51. The highest BCUT2D eigenvalue weighted by atomic mass is 35.5. The zero-order chi connectivity index (χ0) is 27.2. The van der Waals surface area contributed by atoms with Crippen LogP contribution in [-0.2, 0) is 16.0 Å². The highest BCUT2D eigenvalue weighted by molar-refractivity contribution is 6.44. The van der Waals surface area contributed by atoms with Gasteiger partial charge in [0, 0.05) is 24.5 Å². The first-order valence-electron chi connectivity index (χ1n) is 11.7. The number of rotatable bonds is 9. The van der Waals surface area contributed by atoms with Gasteiger partial charge in [0.15, 0.2) is 11.5 Å². The first-order chi connectivity index (χ1) is 18.4. The fraction of sp³-hybridized carbons (Fsp3) is 0.167. The lowest BCUT2D eigenvalue weighted by Crippen LogP contribution is -2.09. The van der Waals surface area contributed by atoms with Gasteiger partial charge in [-0.25, -0.2) is 0 Å². The first kappa shape index (κ1) is 27.0. The Bertz CT molecular complexity index is 1600. The summed E-state index contributed by atoms with van der Waals surface area (Å²) in [6.45, 7) is 2.39. The van der Waals surface area contributed by atoms with Crippen molar-refractivity contribution in [3.8, 4) is 40.5 Å². The number of carbonyl (C=O) groups excluding carboxylic acids is 1. The first-order valence-corrected chi connectivity index (χ1v) is 12.4. The van der Waals surface area contributed by atoms with Crippen molar-refractivity contribution >= 4 is 39.8 Å². The number of hydrogen-bond donors (Lipinski definition) is 0. The number of ketones is 1. The SMILES string of the molecule is CCOc1cccc(-c2c(C#N)c(C#N)cc3cc(Cl)c(Cl)c(Oc4ccc(CC(=O)COC)cc4)c23)c1.